The number of halogens is 1. The normalized spacial score (nSPS) is 10.4. The first-order chi connectivity index (χ1) is 12.1. The van der Waals surface area contributed by atoms with E-state index in [4.69, 9.17) is 11.6 Å². The molecule has 126 valence electrons. The fraction of sp³-hybridized carbons (Fsp3) is 0.0952. The lowest BCUT2D eigenvalue weighted by molar-refractivity contribution is 0.103. The highest BCUT2D eigenvalue weighted by atomic mass is 35.5. The van der Waals surface area contributed by atoms with Crippen LogP contribution in [0, 0.1) is 6.92 Å². The summed E-state index contributed by atoms with van der Waals surface area (Å²) in [6.45, 7) is 1.92. The molecule has 0 heterocycles. The van der Waals surface area contributed by atoms with Crippen LogP contribution in [0.15, 0.2) is 66.7 Å². The molecule has 0 saturated carbocycles. The molecule has 3 nitrogen and oxygen atoms in total. The van der Waals surface area contributed by atoms with Gasteiger partial charge >= 0.3 is 0 Å². The lowest BCUT2D eigenvalue weighted by Gasteiger charge is -2.13. The van der Waals surface area contributed by atoms with Gasteiger partial charge in [0, 0.05) is 23.9 Å². The summed E-state index contributed by atoms with van der Waals surface area (Å²) in [6.07, 6.45) is 0. The van der Waals surface area contributed by atoms with Crippen molar-refractivity contribution in [2.45, 2.75) is 6.92 Å². The maximum Gasteiger partial charge on any atom is 0.194 e. The Morgan fingerprint density at radius 1 is 0.880 bits per heavy atom. The van der Waals surface area contributed by atoms with Crippen molar-refractivity contribution in [3.8, 4) is 0 Å². The fourth-order valence-electron chi connectivity index (χ4n) is 2.72. The molecule has 2 N–H and O–H groups in total. The van der Waals surface area contributed by atoms with E-state index in [-0.39, 0.29) is 5.78 Å². The minimum Gasteiger partial charge on any atom is -0.386 e. The van der Waals surface area contributed by atoms with E-state index >= 15 is 0 Å². The average Bonchev–Trinajstić information content (AvgIpc) is 2.62. The highest BCUT2D eigenvalue weighted by Gasteiger charge is 2.15. The Kier molecular flexibility index (Phi) is 5.05. The van der Waals surface area contributed by atoms with Crippen LogP contribution >= 0.6 is 11.6 Å². The number of anilines is 3. The number of ketones is 1. The highest BCUT2D eigenvalue weighted by molar-refractivity contribution is 6.35. The number of para-hydroxylation sites is 2. The van der Waals surface area contributed by atoms with Gasteiger partial charge in [-0.25, -0.2) is 0 Å². The minimum absolute atomic E-state index is 0.0646. The van der Waals surface area contributed by atoms with Crippen molar-refractivity contribution in [3.63, 3.8) is 0 Å². The molecule has 0 aromatic heterocycles. The number of benzene rings is 3. The third-order valence-corrected chi connectivity index (χ3v) is 4.39. The van der Waals surface area contributed by atoms with Crippen molar-refractivity contribution in [3.05, 3.63) is 88.4 Å². The highest BCUT2D eigenvalue weighted by Crippen LogP contribution is 2.29. The van der Waals surface area contributed by atoms with Gasteiger partial charge in [-0.3, -0.25) is 4.79 Å². The number of carbonyl (C=O) groups is 1. The lowest BCUT2D eigenvalue weighted by Crippen LogP contribution is -2.05. The smallest absolute Gasteiger partial charge is 0.194 e. The Labute approximate surface area is 152 Å². The van der Waals surface area contributed by atoms with Gasteiger partial charge in [-0.1, -0.05) is 48.0 Å². The summed E-state index contributed by atoms with van der Waals surface area (Å²) in [4.78, 5) is 12.7. The molecule has 0 saturated heterocycles. The zero-order valence-electron chi connectivity index (χ0n) is 14.1. The SMILES string of the molecule is CNc1ccccc1Nc1ccc(C(=O)c2ccccc2C)c(Cl)c1. The van der Waals surface area contributed by atoms with Gasteiger partial charge in [0.1, 0.15) is 0 Å². The van der Waals surface area contributed by atoms with Crippen LogP contribution in [-0.4, -0.2) is 12.8 Å². The van der Waals surface area contributed by atoms with Crippen LogP contribution in [0.25, 0.3) is 0 Å². The van der Waals surface area contributed by atoms with Crippen molar-refractivity contribution in [2.24, 2.45) is 0 Å². The molecule has 25 heavy (non-hydrogen) atoms. The zero-order chi connectivity index (χ0) is 17.8. The molecule has 3 aromatic carbocycles. The summed E-state index contributed by atoms with van der Waals surface area (Å²) in [6, 6.07) is 20.8. The Hall–Kier alpha value is -2.78. The number of hydrogen-bond donors (Lipinski definition) is 2. The van der Waals surface area contributed by atoms with E-state index < -0.39 is 0 Å². The molecule has 0 atom stereocenters. The van der Waals surface area contributed by atoms with Gasteiger partial charge in [0.2, 0.25) is 0 Å². The van der Waals surface area contributed by atoms with Crippen LogP contribution in [-0.2, 0) is 0 Å². The molecule has 0 amide bonds. The molecular formula is C21H19ClN2O. The summed E-state index contributed by atoms with van der Waals surface area (Å²) in [7, 11) is 1.87. The average molecular weight is 351 g/mol. The van der Waals surface area contributed by atoms with Crippen LogP contribution in [0.2, 0.25) is 5.02 Å². The molecule has 3 rings (SSSR count). The van der Waals surface area contributed by atoms with Gasteiger partial charge in [-0.15, -0.1) is 0 Å². The standard InChI is InChI=1S/C21H19ClN2O/c1-14-7-3-4-8-16(14)21(25)17-12-11-15(13-18(17)22)24-20-10-6-5-9-19(20)23-2/h3-13,23-24H,1-2H3. The van der Waals surface area contributed by atoms with E-state index in [2.05, 4.69) is 10.6 Å². The van der Waals surface area contributed by atoms with Gasteiger partial charge in [-0.2, -0.15) is 0 Å². The van der Waals surface area contributed by atoms with E-state index in [0.29, 0.717) is 16.1 Å². The Morgan fingerprint density at radius 2 is 1.56 bits per heavy atom. The quantitative estimate of drug-likeness (QED) is 0.583. The van der Waals surface area contributed by atoms with Crippen LogP contribution < -0.4 is 10.6 Å². The number of hydrogen-bond acceptors (Lipinski definition) is 3. The summed E-state index contributed by atoms with van der Waals surface area (Å²) < 4.78 is 0. The van der Waals surface area contributed by atoms with Crippen LogP contribution in [0.3, 0.4) is 0 Å². The van der Waals surface area contributed by atoms with Gasteiger partial charge < -0.3 is 10.6 Å². The molecule has 0 fully saturated rings. The van der Waals surface area contributed by atoms with E-state index in [1.54, 1.807) is 12.1 Å². The van der Waals surface area contributed by atoms with E-state index in [9.17, 15) is 4.79 Å². The molecule has 4 heteroatoms. The predicted molar refractivity (Wildman–Crippen MR) is 105 cm³/mol. The predicted octanol–water partition coefficient (Wildman–Crippen LogP) is 5.66. The maximum atomic E-state index is 12.7. The fourth-order valence-corrected chi connectivity index (χ4v) is 2.98. The monoisotopic (exact) mass is 350 g/mol. The lowest BCUT2D eigenvalue weighted by atomic mass is 9.99. The van der Waals surface area contributed by atoms with E-state index in [1.807, 2.05) is 68.6 Å². The molecular weight excluding hydrogens is 332 g/mol. The first kappa shape index (κ1) is 17.1. The number of rotatable bonds is 5. The van der Waals surface area contributed by atoms with Gasteiger partial charge in [0.05, 0.1) is 16.4 Å². The van der Waals surface area contributed by atoms with Crippen molar-refractivity contribution < 1.29 is 4.79 Å². The first-order valence-corrected chi connectivity index (χ1v) is 8.41. The van der Waals surface area contributed by atoms with Crippen molar-refractivity contribution >= 4 is 34.4 Å². The topological polar surface area (TPSA) is 41.1 Å². The molecule has 0 bridgehead atoms. The first-order valence-electron chi connectivity index (χ1n) is 8.04. The van der Waals surface area contributed by atoms with Gasteiger partial charge in [0.25, 0.3) is 0 Å². The molecule has 0 radical (unpaired) electrons. The molecule has 0 spiro atoms. The number of aryl methyl sites for hydroxylation is 1. The summed E-state index contributed by atoms with van der Waals surface area (Å²) in [5.41, 5.74) is 4.87. The molecule has 0 unspecified atom stereocenters. The summed E-state index contributed by atoms with van der Waals surface area (Å²) in [5.74, 6) is -0.0646. The largest absolute Gasteiger partial charge is 0.386 e. The number of carbonyl (C=O) groups excluding carboxylic acids is 1. The molecule has 3 aromatic rings. The maximum absolute atomic E-state index is 12.7. The molecule has 0 aliphatic rings. The minimum atomic E-state index is -0.0646. The second-order valence-corrected chi connectivity index (χ2v) is 6.17. The van der Waals surface area contributed by atoms with Crippen molar-refractivity contribution in [1.82, 2.24) is 0 Å². The van der Waals surface area contributed by atoms with Gasteiger partial charge in [-0.05, 0) is 42.8 Å². The summed E-state index contributed by atoms with van der Waals surface area (Å²) >= 11 is 6.39. The van der Waals surface area contributed by atoms with Crippen molar-refractivity contribution in [2.75, 3.05) is 17.7 Å². The molecule has 0 aliphatic carbocycles. The van der Waals surface area contributed by atoms with Crippen LogP contribution in [0.4, 0.5) is 17.1 Å². The second-order valence-electron chi connectivity index (χ2n) is 5.76. The van der Waals surface area contributed by atoms with Crippen LogP contribution in [0.5, 0.6) is 0 Å². The third-order valence-electron chi connectivity index (χ3n) is 4.08. The number of nitrogens with one attached hydrogen (secondary N) is 2. The third kappa shape index (κ3) is 3.67. The molecule has 0 aliphatic heterocycles. The van der Waals surface area contributed by atoms with E-state index in [0.717, 1.165) is 22.6 Å². The second kappa shape index (κ2) is 7.41. The summed E-state index contributed by atoms with van der Waals surface area (Å²) in [5, 5.41) is 6.89. The van der Waals surface area contributed by atoms with Crippen LogP contribution in [0.1, 0.15) is 21.5 Å². The van der Waals surface area contributed by atoms with E-state index in [1.165, 1.54) is 0 Å². The zero-order valence-corrected chi connectivity index (χ0v) is 14.9. The van der Waals surface area contributed by atoms with Gasteiger partial charge in [0.15, 0.2) is 5.78 Å². The Morgan fingerprint density at radius 3 is 2.24 bits per heavy atom. The Balaban J connectivity index is 1.89. The Bertz CT molecular complexity index is 921. The van der Waals surface area contributed by atoms with Crippen molar-refractivity contribution in [1.29, 1.82) is 0 Å².